The number of nitrogens with zero attached hydrogens (tertiary/aromatic N) is 4. The molecule has 1 saturated heterocycles. The van der Waals surface area contributed by atoms with Gasteiger partial charge in [-0.2, -0.15) is 9.40 Å². The molecule has 0 N–H and O–H groups in total. The Bertz CT molecular complexity index is 779. The first kappa shape index (κ1) is 17.1. The van der Waals surface area contributed by atoms with E-state index in [4.69, 9.17) is 0 Å². The van der Waals surface area contributed by atoms with Gasteiger partial charge in [-0.05, 0) is 43.2 Å². The van der Waals surface area contributed by atoms with E-state index in [1.807, 2.05) is 36.9 Å². The molecule has 2 heterocycles. The van der Waals surface area contributed by atoms with Gasteiger partial charge in [0.25, 0.3) is 0 Å². The summed E-state index contributed by atoms with van der Waals surface area (Å²) in [6.45, 7) is 8.24. The predicted octanol–water partition coefficient (Wildman–Crippen LogP) is 1.51. The molecular weight excluding hydrogens is 324 g/mol. The number of rotatable bonds is 5. The first-order valence-corrected chi connectivity index (χ1v) is 9.68. The molecule has 0 saturated carbocycles. The van der Waals surface area contributed by atoms with Crippen LogP contribution < -0.4 is 0 Å². The molecule has 1 aromatic carbocycles. The third-order valence-corrected chi connectivity index (χ3v) is 6.55. The van der Waals surface area contributed by atoms with Crippen molar-refractivity contribution in [3.63, 3.8) is 0 Å². The minimum absolute atomic E-state index is 0.399. The largest absolute Gasteiger partial charge is 0.299 e. The molecule has 0 radical (unpaired) electrons. The quantitative estimate of drug-likeness (QED) is 0.822. The Morgan fingerprint density at radius 2 is 1.79 bits per heavy atom. The normalized spacial score (nSPS) is 17.2. The molecule has 1 aliphatic heterocycles. The zero-order valence-electron chi connectivity index (χ0n) is 14.2. The molecule has 0 atom stereocenters. The zero-order chi connectivity index (χ0) is 17.2. The lowest BCUT2D eigenvalue weighted by molar-refractivity contribution is 0.181. The van der Waals surface area contributed by atoms with Crippen LogP contribution in [0.25, 0.3) is 0 Å². The van der Waals surface area contributed by atoms with E-state index in [2.05, 4.69) is 10.00 Å². The summed E-state index contributed by atoms with van der Waals surface area (Å²) in [7, 11) is -3.39. The number of benzene rings is 1. The van der Waals surface area contributed by atoms with Gasteiger partial charge in [-0.25, -0.2) is 8.42 Å². The van der Waals surface area contributed by atoms with Crippen LogP contribution in [-0.4, -0.2) is 60.1 Å². The summed E-state index contributed by atoms with van der Waals surface area (Å²) in [4.78, 5) is 2.68. The van der Waals surface area contributed by atoms with Crippen LogP contribution in [0.5, 0.6) is 0 Å². The Morgan fingerprint density at radius 1 is 1.04 bits per heavy atom. The second-order valence-corrected chi connectivity index (χ2v) is 8.20. The molecule has 130 valence electrons. The fourth-order valence-corrected chi connectivity index (χ4v) is 4.40. The monoisotopic (exact) mass is 348 g/mol. The number of hydrogen-bond acceptors (Lipinski definition) is 4. The van der Waals surface area contributed by atoms with Crippen molar-refractivity contribution in [2.45, 2.75) is 25.3 Å². The lowest BCUT2D eigenvalue weighted by Crippen LogP contribution is -2.49. The van der Waals surface area contributed by atoms with Gasteiger partial charge in [0.1, 0.15) is 0 Å². The van der Waals surface area contributed by atoms with E-state index in [1.165, 1.54) is 0 Å². The molecule has 1 aliphatic rings. The van der Waals surface area contributed by atoms with Crippen LogP contribution in [-0.2, 0) is 16.6 Å². The van der Waals surface area contributed by atoms with Crippen molar-refractivity contribution in [1.82, 2.24) is 19.0 Å². The summed E-state index contributed by atoms with van der Waals surface area (Å²) in [6, 6.07) is 7.27. The highest BCUT2D eigenvalue weighted by Gasteiger charge is 2.28. The molecule has 2 aromatic rings. The summed E-state index contributed by atoms with van der Waals surface area (Å²) < 4.78 is 29.1. The standard InChI is InChI=1S/C17H24N4O2S/c1-15-4-5-17(14-16(15)2)24(22,23)21-12-9-19(10-13-21)8-11-20-7-3-6-18-20/h3-7,14H,8-13H2,1-2H3. The minimum Gasteiger partial charge on any atom is -0.299 e. The Kier molecular flexibility index (Phi) is 5.03. The predicted molar refractivity (Wildman–Crippen MR) is 93.3 cm³/mol. The van der Waals surface area contributed by atoms with E-state index in [0.717, 1.165) is 37.3 Å². The summed E-state index contributed by atoms with van der Waals surface area (Å²) in [5.74, 6) is 0. The maximum Gasteiger partial charge on any atom is 0.243 e. The maximum atomic E-state index is 12.8. The highest BCUT2D eigenvalue weighted by atomic mass is 32.2. The van der Waals surface area contributed by atoms with Gasteiger partial charge in [0.05, 0.1) is 11.4 Å². The summed E-state index contributed by atoms with van der Waals surface area (Å²) >= 11 is 0. The minimum atomic E-state index is -3.39. The van der Waals surface area contributed by atoms with E-state index in [1.54, 1.807) is 22.6 Å². The summed E-state index contributed by atoms with van der Waals surface area (Å²) in [5, 5.41) is 4.19. The van der Waals surface area contributed by atoms with E-state index in [-0.39, 0.29) is 0 Å². The maximum absolute atomic E-state index is 12.8. The third kappa shape index (κ3) is 3.68. The van der Waals surface area contributed by atoms with Gasteiger partial charge < -0.3 is 0 Å². The van der Waals surface area contributed by atoms with Crippen LogP contribution in [0.4, 0.5) is 0 Å². The average Bonchev–Trinajstić information content (AvgIpc) is 3.09. The first-order chi connectivity index (χ1) is 11.5. The topological polar surface area (TPSA) is 58.4 Å². The van der Waals surface area contributed by atoms with Crippen molar-refractivity contribution >= 4 is 10.0 Å². The molecule has 0 bridgehead atoms. The van der Waals surface area contributed by atoms with Crippen LogP contribution in [0.3, 0.4) is 0 Å². The molecular formula is C17H24N4O2S. The summed E-state index contributed by atoms with van der Waals surface area (Å²) in [5.41, 5.74) is 2.12. The SMILES string of the molecule is Cc1ccc(S(=O)(=O)N2CCN(CCn3cccn3)CC2)cc1C. The van der Waals surface area contributed by atoms with Crippen molar-refractivity contribution in [1.29, 1.82) is 0 Å². The van der Waals surface area contributed by atoms with Gasteiger partial charge in [0, 0.05) is 45.1 Å². The van der Waals surface area contributed by atoms with Crippen molar-refractivity contribution in [2.75, 3.05) is 32.7 Å². The van der Waals surface area contributed by atoms with Crippen LogP contribution in [0.2, 0.25) is 0 Å². The van der Waals surface area contributed by atoms with E-state index in [0.29, 0.717) is 18.0 Å². The molecule has 0 aliphatic carbocycles. The van der Waals surface area contributed by atoms with Crippen LogP contribution in [0, 0.1) is 13.8 Å². The number of hydrogen-bond donors (Lipinski definition) is 0. The Hall–Kier alpha value is -1.70. The third-order valence-electron chi connectivity index (χ3n) is 4.65. The van der Waals surface area contributed by atoms with Gasteiger partial charge in [-0.3, -0.25) is 9.58 Å². The smallest absolute Gasteiger partial charge is 0.243 e. The number of sulfonamides is 1. The lowest BCUT2D eigenvalue weighted by atomic mass is 10.1. The van der Waals surface area contributed by atoms with Crippen LogP contribution >= 0.6 is 0 Å². The van der Waals surface area contributed by atoms with Gasteiger partial charge in [0.15, 0.2) is 0 Å². The van der Waals surface area contributed by atoms with Crippen molar-refractivity contribution in [3.05, 3.63) is 47.8 Å². The average molecular weight is 348 g/mol. The highest BCUT2D eigenvalue weighted by Crippen LogP contribution is 2.20. The molecule has 1 fully saturated rings. The van der Waals surface area contributed by atoms with Crippen molar-refractivity contribution in [2.24, 2.45) is 0 Å². The fourth-order valence-electron chi connectivity index (χ4n) is 2.89. The van der Waals surface area contributed by atoms with Crippen LogP contribution in [0.15, 0.2) is 41.6 Å². The Labute approximate surface area is 143 Å². The molecule has 0 amide bonds. The van der Waals surface area contributed by atoms with Gasteiger partial charge in [0.2, 0.25) is 10.0 Å². The molecule has 6 nitrogen and oxygen atoms in total. The molecule has 1 aromatic heterocycles. The molecule has 0 spiro atoms. The van der Waals surface area contributed by atoms with Crippen LogP contribution in [0.1, 0.15) is 11.1 Å². The highest BCUT2D eigenvalue weighted by molar-refractivity contribution is 7.89. The van der Waals surface area contributed by atoms with Gasteiger partial charge in [-0.15, -0.1) is 0 Å². The van der Waals surface area contributed by atoms with Gasteiger partial charge >= 0.3 is 0 Å². The molecule has 0 unspecified atom stereocenters. The Balaban J connectivity index is 1.59. The van der Waals surface area contributed by atoms with Crippen molar-refractivity contribution in [3.8, 4) is 0 Å². The lowest BCUT2D eigenvalue weighted by Gasteiger charge is -2.34. The zero-order valence-corrected chi connectivity index (χ0v) is 15.0. The summed E-state index contributed by atoms with van der Waals surface area (Å²) in [6.07, 6.45) is 3.72. The number of piperazine rings is 1. The molecule has 24 heavy (non-hydrogen) atoms. The van der Waals surface area contributed by atoms with E-state index < -0.39 is 10.0 Å². The second-order valence-electron chi connectivity index (χ2n) is 6.26. The molecule has 7 heteroatoms. The van der Waals surface area contributed by atoms with E-state index in [9.17, 15) is 8.42 Å². The molecule has 3 rings (SSSR count). The fraction of sp³-hybridized carbons (Fsp3) is 0.471. The second kappa shape index (κ2) is 7.04. The van der Waals surface area contributed by atoms with Gasteiger partial charge in [-0.1, -0.05) is 6.07 Å². The number of aromatic nitrogens is 2. The van der Waals surface area contributed by atoms with Crippen molar-refractivity contribution < 1.29 is 8.42 Å². The number of aryl methyl sites for hydroxylation is 2. The first-order valence-electron chi connectivity index (χ1n) is 8.24. The Morgan fingerprint density at radius 3 is 2.42 bits per heavy atom. The van der Waals surface area contributed by atoms with E-state index >= 15 is 0 Å².